The monoisotopic (exact) mass is 557 g/mol. The minimum absolute atomic E-state index is 0.00102. The molecule has 0 radical (unpaired) electrons. The summed E-state index contributed by atoms with van der Waals surface area (Å²) in [7, 11) is 0. The smallest absolute Gasteiger partial charge is 0.269 e. The zero-order valence-corrected chi connectivity index (χ0v) is 22.1. The van der Waals surface area contributed by atoms with Gasteiger partial charge in [0.15, 0.2) is 16.7 Å². The Bertz CT molecular complexity index is 1420. The lowest BCUT2D eigenvalue weighted by atomic mass is 10.1. The average molecular weight is 558 g/mol. The van der Waals surface area contributed by atoms with Gasteiger partial charge in [0.1, 0.15) is 6.61 Å². The van der Waals surface area contributed by atoms with E-state index in [4.69, 9.17) is 32.7 Å². The minimum Gasteiger partial charge on any atom is -0.490 e. The Hall–Kier alpha value is -3.53. The first kappa shape index (κ1) is 26.5. The fraction of sp³-hybridized carbons (Fsp3) is 0.154. The van der Waals surface area contributed by atoms with Gasteiger partial charge < -0.3 is 14.8 Å². The largest absolute Gasteiger partial charge is 0.490 e. The van der Waals surface area contributed by atoms with Crippen LogP contribution in [0.1, 0.15) is 23.6 Å². The number of ether oxygens (including phenoxy) is 2. The number of benzene rings is 3. The van der Waals surface area contributed by atoms with Crippen molar-refractivity contribution < 1.29 is 19.2 Å². The molecular weight excluding hydrogens is 537 g/mol. The van der Waals surface area contributed by atoms with Gasteiger partial charge in [-0.1, -0.05) is 29.3 Å². The number of amidine groups is 1. The first-order chi connectivity index (χ1) is 17.7. The van der Waals surface area contributed by atoms with Gasteiger partial charge in [0.25, 0.3) is 11.6 Å². The molecule has 1 N–H and O–H groups in total. The van der Waals surface area contributed by atoms with Crippen LogP contribution in [0.2, 0.25) is 10.0 Å². The van der Waals surface area contributed by atoms with Crippen molar-refractivity contribution in [3.05, 3.63) is 96.4 Å². The Labute approximate surface area is 227 Å². The van der Waals surface area contributed by atoms with E-state index in [-0.39, 0.29) is 18.2 Å². The zero-order chi connectivity index (χ0) is 26.5. The van der Waals surface area contributed by atoms with E-state index in [1.807, 2.05) is 19.9 Å². The van der Waals surface area contributed by atoms with Gasteiger partial charge in [-0.2, -0.15) is 0 Å². The number of hydrogen-bond donors (Lipinski definition) is 1. The number of rotatable bonds is 8. The van der Waals surface area contributed by atoms with E-state index in [0.29, 0.717) is 49.5 Å². The number of amides is 1. The van der Waals surface area contributed by atoms with Gasteiger partial charge in [-0.25, -0.2) is 4.99 Å². The van der Waals surface area contributed by atoms with Crippen LogP contribution in [-0.4, -0.2) is 22.6 Å². The molecule has 190 valence electrons. The standard InChI is InChI=1S/C26H21Cl2N3O5S/c1-3-35-22-12-17(11-20(28)24(22)36-14-16-7-9-18(10-8-16)31(33)34)13-23-25(32)30-26(37-23)29-21-6-4-5-19(27)15(21)2/h4-13H,3,14H2,1-2H3,(H,29,30,32)/b23-13+. The van der Waals surface area contributed by atoms with Crippen molar-refractivity contribution in [2.45, 2.75) is 20.5 Å². The van der Waals surface area contributed by atoms with Crippen molar-refractivity contribution in [2.75, 3.05) is 6.61 Å². The van der Waals surface area contributed by atoms with Gasteiger partial charge in [-0.3, -0.25) is 14.9 Å². The van der Waals surface area contributed by atoms with Crippen molar-refractivity contribution in [1.82, 2.24) is 5.32 Å². The lowest BCUT2D eigenvalue weighted by molar-refractivity contribution is -0.384. The van der Waals surface area contributed by atoms with Crippen molar-refractivity contribution in [3.8, 4) is 11.5 Å². The number of nitro benzene ring substituents is 1. The number of non-ortho nitro benzene ring substituents is 1. The lowest BCUT2D eigenvalue weighted by Crippen LogP contribution is -2.19. The van der Waals surface area contributed by atoms with Crippen LogP contribution >= 0.6 is 35.0 Å². The maximum absolute atomic E-state index is 12.6. The third kappa shape index (κ3) is 6.43. The number of nitrogens with one attached hydrogen (secondary N) is 1. The zero-order valence-electron chi connectivity index (χ0n) is 19.8. The topological polar surface area (TPSA) is 103 Å². The second kappa shape index (κ2) is 11.7. The number of hydrogen-bond acceptors (Lipinski definition) is 7. The predicted molar refractivity (Wildman–Crippen MR) is 147 cm³/mol. The Morgan fingerprint density at radius 2 is 1.86 bits per heavy atom. The van der Waals surface area contributed by atoms with Crippen molar-refractivity contribution in [1.29, 1.82) is 0 Å². The molecule has 11 heteroatoms. The molecule has 0 atom stereocenters. The molecule has 37 heavy (non-hydrogen) atoms. The van der Waals surface area contributed by atoms with Crippen molar-refractivity contribution >= 4 is 63.5 Å². The van der Waals surface area contributed by atoms with Gasteiger partial charge in [-0.05, 0) is 84.8 Å². The summed E-state index contributed by atoms with van der Waals surface area (Å²) in [5, 5.41) is 15.0. The summed E-state index contributed by atoms with van der Waals surface area (Å²) in [6.45, 7) is 4.21. The first-order valence-corrected chi connectivity index (χ1v) is 12.7. The first-order valence-electron chi connectivity index (χ1n) is 11.1. The SMILES string of the molecule is CCOc1cc(/C=C2/SC(=Nc3cccc(Cl)c3C)NC2=O)cc(Cl)c1OCc1ccc([N+](=O)[O-])cc1. The highest BCUT2D eigenvalue weighted by molar-refractivity contribution is 8.18. The molecule has 8 nitrogen and oxygen atoms in total. The molecule has 1 amide bonds. The number of carbonyl (C=O) groups excluding carboxylic acids is 1. The summed E-state index contributed by atoms with van der Waals surface area (Å²) in [6.07, 6.45) is 1.70. The third-order valence-electron chi connectivity index (χ3n) is 5.27. The highest BCUT2D eigenvalue weighted by Gasteiger charge is 2.24. The van der Waals surface area contributed by atoms with Crippen LogP contribution in [0.15, 0.2) is 64.5 Å². The number of nitrogens with zero attached hydrogens (tertiary/aromatic N) is 2. The summed E-state index contributed by atoms with van der Waals surface area (Å²) in [4.78, 5) is 27.9. The third-order valence-corrected chi connectivity index (χ3v) is 6.87. The van der Waals surface area contributed by atoms with Gasteiger partial charge in [0, 0.05) is 17.2 Å². The van der Waals surface area contributed by atoms with E-state index in [2.05, 4.69) is 10.3 Å². The lowest BCUT2D eigenvalue weighted by Gasteiger charge is -2.14. The summed E-state index contributed by atoms with van der Waals surface area (Å²) in [6, 6.07) is 14.9. The molecule has 0 unspecified atom stereocenters. The van der Waals surface area contributed by atoms with E-state index in [1.165, 1.54) is 23.9 Å². The average Bonchev–Trinajstić information content (AvgIpc) is 3.20. The second-order valence-corrected chi connectivity index (χ2v) is 9.69. The maximum atomic E-state index is 12.6. The fourth-order valence-electron chi connectivity index (χ4n) is 3.40. The predicted octanol–water partition coefficient (Wildman–Crippen LogP) is 7.08. The maximum Gasteiger partial charge on any atom is 0.269 e. The molecule has 1 aliphatic rings. The number of thioether (sulfide) groups is 1. The molecule has 1 saturated heterocycles. The van der Waals surface area contributed by atoms with Crippen molar-refractivity contribution in [3.63, 3.8) is 0 Å². The fourth-order valence-corrected chi connectivity index (χ4v) is 4.68. The minimum atomic E-state index is -0.460. The van der Waals surface area contributed by atoms with Crippen LogP contribution in [-0.2, 0) is 11.4 Å². The van der Waals surface area contributed by atoms with E-state index in [9.17, 15) is 14.9 Å². The molecule has 0 aliphatic carbocycles. The second-order valence-electron chi connectivity index (χ2n) is 7.84. The van der Waals surface area contributed by atoms with Crippen LogP contribution in [0.25, 0.3) is 6.08 Å². The van der Waals surface area contributed by atoms with E-state index >= 15 is 0 Å². The summed E-state index contributed by atoms with van der Waals surface area (Å²) in [5.41, 5.74) is 2.87. The van der Waals surface area contributed by atoms with Crippen LogP contribution in [0.4, 0.5) is 11.4 Å². The molecule has 1 fully saturated rings. The molecule has 1 heterocycles. The summed E-state index contributed by atoms with van der Waals surface area (Å²) in [5.74, 6) is 0.470. The van der Waals surface area contributed by atoms with Crippen molar-refractivity contribution in [2.24, 2.45) is 4.99 Å². The Morgan fingerprint density at radius 1 is 1.11 bits per heavy atom. The summed E-state index contributed by atoms with van der Waals surface area (Å²) < 4.78 is 11.6. The number of carbonyl (C=O) groups is 1. The van der Waals surface area contributed by atoms with E-state index in [1.54, 1.807) is 42.5 Å². The molecule has 1 aliphatic heterocycles. The summed E-state index contributed by atoms with van der Waals surface area (Å²) >= 11 is 13.9. The van der Waals surface area contributed by atoms with Crippen LogP contribution in [0.5, 0.6) is 11.5 Å². The molecule has 0 aromatic heterocycles. The van der Waals surface area contributed by atoms with Gasteiger partial charge >= 0.3 is 0 Å². The molecule has 4 rings (SSSR count). The van der Waals surface area contributed by atoms with Gasteiger partial charge in [0.05, 0.1) is 27.1 Å². The Morgan fingerprint density at radius 3 is 2.57 bits per heavy atom. The van der Waals surface area contributed by atoms with Gasteiger partial charge in [-0.15, -0.1) is 0 Å². The highest BCUT2D eigenvalue weighted by Crippen LogP contribution is 2.39. The van der Waals surface area contributed by atoms with Crippen LogP contribution < -0.4 is 14.8 Å². The van der Waals surface area contributed by atoms with Crippen LogP contribution in [0.3, 0.4) is 0 Å². The quantitative estimate of drug-likeness (QED) is 0.180. The molecule has 3 aromatic carbocycles. The Balaban J connectivity index is 1.55. The molecule has 0 saturated carbocycles. The molecule has 3 aromatic rings. The molecular formula is C26H21Cl2N3O5S. The normalized spacial score (nSPS) is 15.2. The van der Waals surface area contributed by atoms with Crippen LogP contribution in [0, 0.1) is 17.0 Å². The van der Waals surface area contributed by atoms with E-state index < -0.39 is 4.92 Å². The molecule has 0 spiro atoms. The van der Waals surface area contributed by atoms with E-state index in [0.717, 1.165) is 11.1 Å². The number of halogens is 2. The molecule has 0 bridgehead atoms. The Kier molecular flexibility index (Phi) is 8.38. The van der Waals surface area contributed by atoms with Gasteiger partial charge in [0.2, 0.25) is 0 Å². The number of nitro groups is 1. The highest BCUT2D eigenvalue weighted by atomic mass is 35.5. The number of aliphatic imine (C=N–C) groups is 1.